The molecule has 1 N–H and O–H groups in total. The molecule has 0 fully saturated rings. The van der Waals surface area contributed by atoms with Crippen LogP contribution in [0.25, 0.3) is 0 Å². The number of nitrogens with one attached hydrogen (secondary N) is 1. The molecule has 2 rings (SSSR count). The van der Waals surface area contributed by atoms with Crippen molar-refractivity contribution in [3.05, 3.63) is 65.2 Å². The van der Waals surface area contributed by atoms with Crippen molar-refractivity contribution in [3.63, 3.8) is 0 Å². The molecule has 0 aliphatic rings. The third-order valence-electron chi connectivity index (χ3n) is 2.63. The molecule has 0 radical (unpaired) electrons. The Morgan fingerprint density at radius 1 is 1.14 bits per heavy atom. The summed E-state index contributed by atoms with van der Waals surface area (Å²) in [6.07, 6.45) is 2.31. The molecule has 108 valence electrons. The summed E-state index contributed by atoms with van der Waals surface area (Å²) in [4.78, 5) is 11.5. The first-order valence-electron chi connectivity index (χ1n) is 6.47. The SMILES string of the molecule is O=C(COc1ccc(Cl)cc1)NN=CCc1ccccc1. The Bertz CT molecular complexity index is 597. The predicted molar refractivity (Wildman–Crippen MR) is 83.7 cm³/mol. The Hall–Kier alpha value is -2.33. The molecule has 4 nitrogen and oxygen atoms in total. The van der Waals surface area contributed by atoms with Crippen molar-refractivity contribution in [1.82, 2.24) is 5.43 Å². The molecule has 0 aromatic heterocycles. The van der Waals surface area contributed by atoms with E-state index in [2.05, 4.69) is 10.5 Å². The van der Waals surface area contributed by atoms with Gasteiger partial charge >= 0.3 is 0 Å². The van der Waals surface area contributed by atoms with Crippen LogP contribution in [0, 0.1) is 0 Å². The highest BCUT2D eigenvalue weighted by atomic mass is 35.5. The van der Waals surface area contributed by atoms with Crippen LogP contribution in [0.4, 0.5) is 0 Å². The number of carbonyl (C=O) groups is 1. The van der Waals surface area contributed by atoms with E-state index in [0.29, 0.717) is 17.2 Å². The number of carbonyl (C=O) groups excluding carboxylic acids is 1. The summed E-state index contributed by atoms with van der Waals surface area (Å²) < 4.78 is 5.29. The van der Waals surface area contributed by atoms with Crippen molar-refractivity contribution in [2.24, 2.45) is 5.10 Å². The fourth-order valence-corrected chi connectivity index (χ4v) is 1.72. The third kappa shape index (κ3) is 5.67. The van der Waals surface area contributed by atoms with Gasteiger partial charge < -0.3 is 4.74 Å². The van der Waals surface area contributed by atoms with Gasteiger partial charge in [-0.2, -0.15) is 5.10 Å². The van der Waals surface area contributed by atoms with E-state index < -0.39 is 0 Å². The van der Waals surface area contributed by atoms with Crippen molar-refractivity contribution in [1.29, 1.82) is 0 Å². The second-order valence-electron chi connectivity index (χ2n) is 4.28. The van der Waals surface area contributed by atoms with Gasteiger partial charge in [0.05, 0.1) is 0 Å². The van der Waals surface area contributed by atoms with Crippen molar-refractivity contribution >= 4 is 23.7 Å². The minimum atomic E-state index is -0.311. The number of hydrogen-bond donors (Lipinski definition) is 1. The predicted octanol–water partition coefficient (Wildman–Crippen LogP) is 3.06. The summed E-state index contributed by atoms with van der Waals surface area (Å²) in [7, 11) is 0. The van der Waals surface area contributed by atoms with Gasteiger partial charge in [0.1, 0.15) is 5.75 Å². The summed E-state index contributed by atoms with van der Waals surface area (Å²) in [5, 5.41) is 4.49. The number of rotatable bonds is 6. The van der Waals surface area contributed by atoms with Gasteiger partial charge in [-0.1, -0.05) is 41.9 Å². The number of hydrogen-bond acceptors (Lipinski definition) is 3. The lowest BCUT2D eigenvalue weighted by Gasteiger charge is -2.04. The average Bonchev–Trinajstić information content (AvgIpc) is 2.52. The molecule has 0 atom stereocenters. The zero-order valence-electron chi connectivity index (χ0n) is 11.3. The van der Waals surface area contributed by atoms with Gasteiger partial charge in [-0.25, -0.2) is 5.43 Å². The van der Waals surface area contributed by atoms with E-state index in [0.717, 1.165) is 5.56 Å². The molecule has 1 amide bonds. The minimum absolute atomic E-state index is 0.0929. The van der Waals surface area contributed by atoms with Crippen LogP contribution in [0.3, 0.4) is 0 Å². The van der Waals surface area contributed by atoms with Crippen LogP contribution < -0.4 is 10.2 Å². The molecule has 21 heavy (non-hydrogen) atoms. The monoisotopic (exact) mass is 302 g/mol. The average molecular weight is 303 g/mol. The number of hydrazone groups is 1. The zero-order valence-corrected chi connectivity index (χ0v) is 12.1. The lowest BCUT2D eigenvalue weighted by molar-refractivity contribution is -0.123. The molecular formula is C16H15ClN2O2. The highest BCUT2D eigenvalue weighted by molar-refractivity contribution is 6.30. The first-order chi connectivity index (χ1) is 10.2. The van der Waals surface area contributed by atoms with Crippen LogP contribution in [0.5, 0.6) is 5.75 Å². The molecule has 0 spiro atoms. The molecular weight excluding hydrogens is 288 g/mol. The van der Waals surface area contributed by atoms with Crippen molar-refractivity contribution in [2.75, 3.05) is 6.61 Å². The van der Waals surface area contributed by atoms with Crippen LogP contribution in [-0.4, -0.2) is 18.7 Å². The largest absolute Gasteiger partial charge is 0.484 e. The van der Waals surface area contributed by atoms with Gasteiger partial charge in [0, 0.05) is 17.7 Å². The summed E-state index contributed by atoms with van der Waals surface area (Å²) >= 11 is 5.76. The van der Waals surface area contributed by atoms with E-state index in [1.54, 1.807) is 30.5 Å². The number of nitrogens with zero attached hydrogens (tertiary/aromatic N) is 1. The minimum Gasteiger partial charge on any atom is -0.484 e. The number of benzene rings is 2. The van der Waals surface area contributed by atoms with Crippen molar-refractivity contribution in [2.45, 2.75) is 6.42 Å². The van der Waals surface area contributed by atoms with Crippen LogP contribution in [0.15, 0.2) is 59.7 Å². The number of ether oxygens (including phenoxy) is 1. The third-order valence-corrected chi connectivity index (χ3v) is 2.89. The van der Waals surface area contributed by atoms with Gasteiger partial charge in [-0.05, 0) is 29.8 Å². The molecule has 0 aliphatic heterocycles. The fraction of sp³-hybridized carbons (Fsp3) is 0.125. The number of amides is 1. The fourth-order valence-electron chi connectivity index (χ4n) is 1.59. The Morgan fingerprint density at radius 3 is 2.57 bits per heavy atom. The normalized spacial score (nSPS) is 10.5. The lowest BCUT2D eigenvalue weighted by atomic mass is 10.2. The Balaban J connectivity index is 1.69. The highest BCUT2D eigenvalue weighted by Gasteiger charge is 2.01. The van der Waals surface area contributed by atoms with E-state index >= 15 is 0 Å². The molecule has 0 aliphatic carbocycles. The topological polar surface area (TPSA) is 50.7 Å². The maximum atomic E-state index is 11.5. The van der Waals surface area contributed by atoms with E-state index in [4.69, 9.17) is 16.3 Å². The molecule has 2 aromatic carbocycles. The van der Waals surface area contributed by atoms with Crippen molar-refractivity contribution < 1.29 is 9.53 Å². The van der Waals surface area contributed by atoms with E-state index in [1.807, 2.05) is 30.3 Å². The maximum Gasteiger partial charge on any atom is 0.277 e. The molecule has 0 heterocycles. The van der Waals surface area contributed by atoms with E-state index in [9.17, 15) is 4.79 Å². The summed E-state index contributed by atoms with van der Waals surface area (Å²) in [5.74, 6) is 0.275. The first kappa shape index (κ1) is 15.1. The van der Waals surface area contributed by atoms with Crippen molar-refractivity contribution in [3.8, 4) is 5.75 Å². The molecule has 0 unspecified atom stereocenters. The van der Waals surface area contributed by atoms with E-state index in [-0.39, 0.29) is 12.5 Å². The molecule has 5 heteroatoms. The molecule has 2 aromatic rings. The first-order valence-corrected chi connectivity index (χ1v) is 6.84. The Morgan fingerprint density at radius 2 is 1.86 bits per heavy atom. The van der Waals surface area contributed by atoms with Gasteiger partial charge in [0.25, 0.3) is 5.91 Å². The quantitative estimate of drug-likeness (QED) is 0.658. The van der Waals surface area contributed by atoms with Crippen LogP contribution in [-0.2, 0) is 11.2 Å². The number of halogens is 1. The maximum absolute atomic E-state index is 11.5. The zero-order chi connectivity index (χ0) is 14.9. The van der Waals surface area contributed by atoms with Crippen LogP contribution >= 0.6 is 11.6 Å². The second-order valence-corrected chi connectivity index (χ2v) is 4.72. The molecule has 0 bridgehead atoms. The molecule has 0 saturated carbocycles. The van der Waals surface area contributed by atoms with Gasteiger partial charge in [0.15, 0.2) is 6.61 Å². The van der Waals surface area contributed by atoms with Gasteiger partial charge in [0.2, 0.25) is 0 Å². The lowest BCUT2D eigenvalue weighted by Crippen LogP contribution is -2.24. The van der Waals surface area contributed by atoms with Crippen LogP contribution in [0.2, 0.25) is 5.02 Å². The summed E-state index contributed by atoms with van der Waals surface area (Å²) in [6, 6.07) is 16.7. The smallest absolute Gasteiger partial charge is 0.277 e. The second kappa shape index (κ2) is 8.07. The van der Waals surface area contributed by atoms with Gasteiger partial charge in [-0.15, -0.1) is 0 Å². The summed E-state index contributed by atoms with van der Waals surface area (Å²) in [5.41, 5.74) is 3.55. The Kier molecular flexibility index (Phi) is 5.79. The van der Waals surface area contributed by atoms with E-state index in [1.165, 1.54) is 0 Å². The highest BCUT2D eigenvalue weighted by Crippen LogP contribution is 2.15. The standard InChI is InChI=1S/C16H15ClN2O2/c17-14-6-8-15(9-7-14)21-12-16(20)19-18-11-10-13-4-2-1-3-5-13/h1-9,11H,10,12H2,(H,19,20). The summed E-state index contributed by atoms with van der Waals surface area (Å²) in [6.45, 7) is -0.0929. The Labute approximate surface area is 128 Å². The molecule has 0 saturated heterocycles. The van der Waals surface area contributed by atoms with Gasteiger partial charge in [-0.3, -0.25) is 4.79 Å². The van der Waals surface area contributed by atoms with Crippen LogP contribution in [0.1, 0.15) is 5.56 Å².